The van der Waals surface area contributed by atoms with Crippen molar-refractivity contribution in [3.8, 4) is 0 Å². The second kappa shape index (κ2) is 6.36. The smallest absolute Gasteiger partial charge is 0.376 e. The van der Waals surface area contributed by atoms with Crippen LogP contribution in [0.2, 0.25) is 0 Å². The van der Waals surface area contributed by atoms with E-state index in [1.54, 1.807) is 18.2 Å². The summed E-state index contributed by atoms with van der Waals surface area (Å²) < 4.78 is 40.4. The van der Waals surface area contributed by atoms with E-state index >= 15 is 0 Å². The van der Waals surface area contributed by atoms with Crippen LogP contribution in [0.3, 0.4) is 0 Å². The highest BCUT2D eigenvalue weighted by molar-refractivity contribution is 5.93. The third kappa shape index (κ3) is 5.15. The number of carbonyl (C=O) groups excluding carboxylic acids is 1. The molecule has 1 amide bonds. The Kier molecular flexibility index (Phi) is 5.11. The standard InChI is InChI=1S/C11H13F3N2O2/c12-11(13,14)4-5-18-7-8-2-1-3-9(6-8)10(17)16-15/h1-3,6H,4-5,7,15H2,(H,16,17). The highest BCUT2D eigenvalue weighted by Crippen LogP contribution is 2.19. The van der Waals surface area contributed by atoms with E-state index in [4.69, 9.17) is 10.6 Å². The van der Waals surface area contributed by atoms with Gasteiger partial charge in [0.05, 0.1) is 19.6 Å². The Morgan fingerprint density at radius 1 is 1.39 bits per heavy atom. The molecule has 0 atom stereocenters. The molecule has 0 unspecified atom stereocenters. The molecule has 0 radical (unpaired) electrons. The van der Waals surface area contributed by atoms with Gasteiger partial charge in [0, 0.05) is 5.56 Å². The number of nitrogens with two attached hydrogens (primary N) is 1. The van der Waals surface area contributed by atoms with Crippen LogP contribution in [0.1, 0.15) is 22.3 Å². The lowest BCUT2D eigenvalue weighted by Crippen LogP contribution is -2.30. The molecule has 0 aliphatic rings. The van der Waals surface area contributed by atoms with Crippen LogP contribution in [0, 0.1) is 0 Å². The van der Waals surface area contributed by atoms with Gasteiger partial charge in [0.1, 0.15) is 0 Å². The predicted octanol–water partition coefficient (Wildman–Crippen LogP) is 1.76. The van der Waals surface area contributed by atoms with Crippen LogP contribution in [0.4, 0.5) is 13.2 Å². The molecule has 0 aromatic heterocycles. The lowest BCUT2D eigenvalue weighted by Gasteiger charge is -2.08. The molecule has 1 rings (SSSR count). The zero-order chi connectivity index (χ0) is 13.6. The van der Waals surface area contributed by atoms with Crippen LogP contribution in [0.15, 0.2) is 24.3 Å². The van der Waals surface area contributed by atoms with Crippen LogP contribution in [-0.2, 0) is 11.3 Å². The van der Waals surface area contributed by atoms with Crippen molar-refractivity contribution in [2.45, 2.75) is 19.2 Å². The van der Waals surface area contributed by atoms with Crippen LogP contribution >= 0.6 is 0 Å². The van der Waals surface area contributed by atoms with Crippen molar-refractivity contribution in [2.24, 2.45) is 5.84 Å². The summed E-state index contributed by atoms with van der Waals surface area (Å²) in [7, 11) is 0. The molecule has 18 heavy (non-hydrogen) atoms. The molecule has 100 valence electrons. The molecule has 0 saturated heterocycles. The van der Waals surface area contributed by atoms with Crippen molar-refractivity contribution < 1.29 is 22.7 Å². The number of carbonyl (C=O) groups is 1. The number of amides is 1. The fourth-order valence-corrected chi connectivity index (χ4v) is 1.26. The first-order chi connectivity index (χ1) is 8.42. The fourth-order valence-electron chi connectivity index (χ4n) is 1.26. The number of halogens is 3. The Morgan fingerprint density at radius 3 is 2.72 bits per heavy atom. The van der Waals surface area contributed by atoms with Crippen LogP contribution < -0.4 is 11.3 Å². The van der Waals surface area contributed by atoms with Gasteiger partial charge in [-0.25, -0.2) is 5.84 Å². The van der Waals surface area contributed by atoms with Gasteiger partial charge in [-0.3, -0.25) is 10.2 Å². The molecule has 0 spiro atoms. The third-order valence-corrected chi connectivity index (χ3v) is 2.12. The minimum absolute atomic E-state index is 0.0156. The van der Waals surface area contributed by atoms with E-state index < -0.39 is 25.1 Å². The Balaban J connectivity index is 2.45. The van der Waals surface area contributed by atoms with Gasteiger partial charge in [-0.2, -0.15) is 13.2 Å². The van der Waals surface area contributed by atoms with Gasteiger partial charge < -0.3 is 4.74 Å². The molecule has 0 fully saturated rings. The van der Waals surface area contributed by atoms with E-state index in [9.17, 15) is 18.0 Å². The second-order valence-electron chi connectivity index (χ2n) is 3.59. The molecule has 3 N–H and O–H groups in total. The van der Waals surface area contributed by atoms with Gasteiger partial charge >= 0.3 is 6.18 Å². The topological polar surface area (TPSA) is 64.3 Å². The summed E-state index contributed by atoms with van der Waals surface area (Å²) in [4.78, 5) is 11.2. The maximum Gasteiger partial charge on any atom is 0.391 e. The lowest BCUT2D eigenvalue weighted by molar-refractivity contribution is -0.146. The quantitative estimate of drug-likeness (QED) is 0.368. The number of benzene rings is 1. The number of nitrogens with one attached hydrogen (secondary N) is 1. The van der Waals surface area contributed by atoms with Crippen LogP contribution in [0.25, 0.3) is 0 Å². The normalized spacial score (nSPS) is 11.3. The molecule has 0 aliphatic heterocycles. The minimum atomic E-state index is -4.22. The van der Waals surface area contributed by atoms with Crippen molar-refractivity contribution in [1.82, 2.24) is 5.43 Å². The largest absolute Gasteiger partial charge is 0.391 e. The summed E-state index contributed by atoms with van der Waals surface area (Å²) in [6.45, 7) is -0.390. The lowest BCUT2D eigenvalue weighted by atomic mass is 10.1. The predicted molar refractivity (Wildman–Crippen MR) is 58.4 cm³/mol. The summed E-state index contributed by atoms with van der Waals surface area (Å²) in [5.74, 6) is 4.50. The first-order valence-electron chi connectivity index (χ1n) is 5.17. The maximum atomic E-state index is 11.9. The van der Waals surface area contributed by atoms with Crippen LogP contribution in [0.5, 0.6) is 0 Å². The summed E-state index contributed by atoms with van der Waals surface area (Å²) in [6.07, 6.45) is -5.21. The zero-order valence-corrected chi connectivity index (χ0v) is 9.46. The van der Waals surface area contributed by atoms with E-state index in [-0.39, 0.29) is 6.61 Å². The molecule has 0 heterocycles. The number of ether oxygens (including phenoxy) is 1. The minimum Gasteiger partial charge on any atom is -0.376 e. The molecule has 0 saturated carbocycles. The summed E-state index contributed by atoms with van der Waals surface area (Å²) in [6, 6.07) is 6.31. The Morgan fingerprint density at radius 2 is 2.11 bits per heavy atom. The van der Waals surface area contributed by atoms with E-state index in [2.05, 4.69) is 0 Å². The average Bonchev–Trinajstić information content (AvgIpc) is 2.33. The van der Waals surface area contributed by atoms with E-state index in [1.165, 1.54) is 6.07 Å². The first-order valence-corrected chi connectivity index (χ1v) is 5.17. The van der Waals surface area contributed by atoms with Gasteiger partial charge in [0.2, 0.25) is 0 Å². The molecule has 0 aliphatic carbocycles. The second-order valence-corrected chi connectivity index (χ2v) is 3.59. The van der Waals surface area contributed by atoms with Gasteiger partial charge in [-0.05, 0) is 17.7 Å². The van der Waals surface area contributed by atoms with Gasteiger partial charge in [-0.15, -0.1) is 0 Å². The van der Waals surface area contributed by atoms with Crippen molar-refractivity contribution in [1.29, 1.82) is 0 Å². The monoisotopic (exact) mass is 262 g/mol. The number of hydrogen-bond acceptors (Lipinski definition) is 3. The zero-order valence-electron chi connectivity index (χ0n) is 9.46. The van der Waals surface area contributed by atoms with Crippen molar-refractivity contribution in [2.75, 3.05) is 6.61 Å². The molecule has 4 nitrogen and oxygen atoms in total. The van der Waals surface area contributed by atoms with E-state index in [0.29, 0.717) is 11.1 Å². The Labute approximate surface area is 102 Å². The van der Waals surface area contributed by atoms with Gasteiger partial charge in [0.25, 0.3) is 5.91 Å². The summed E-state index contributed by atoms with van der Waals surface area (Å²) in [5.41, 5.74) is 2.90. The van der Waals surface area contributed by atoms with Crippen LogP contribution in [-0.4, -0.2) is 18.7 Å². The van der Waals surface area contributed by atoms with E-state index in [0.717, 1.165) is 0 Å². The molecular formula is C11H13F3N2O2. The molecule has 1 aromatic carbocycles. The number of nitrogen functional groups attached to an aromatic ring is 1. The highest BCUT2D eigenvalue weighted by Gasteiger charge is 2.26. The number of hydrogen-bond donors (Lipinski definition) is 2. The average molecular weight is 262 g/mol. The SMILES string of the molecule is NNC(=O)c1cccc(COCCC(F)(F)F)c1. The number of alkyl halides is 3. The number of rotatable bonds is 5. The van der Waals surface area contributed by atoms with Gasteiger partial charge in [0.15, 0.2) is 0 Å². The molecule has 1 aromatic rings. The molecule has 0 bridgehead atoms. The Hall–Kier alpha value is -1.60. The molecule has 7 heteroatoms. The Bertz CT molecular complexity index is 408. The van der Waals surface area contributed by atoms with Crippen molar-refractivity contribution in [3.05, 3.63) is 35.4 Å². The van der Waals surface area contributed by atoms with E-state index in [1.807, 2.05) is 5.43 Å². The maximum absolute atomic E-state index is 11.9. The van der Waals surface area contributed by atoms with Crippen molar-refractivity contribution in [3.63, 3.8) is 0 Å². The highest BCUT2D eigenvalue weighted by atomic mass is 19.4. The summed E-state index contributed by atoms with van der Waals surface area (Å²) >= 11 is 0. The first kappa shape index (κ1) is 14.5. The fraction of sp³-hybridized carbons (Fsp3) is 0.364. The third-order valence-electron chi connectivity index (χ3n) is 2.12. The summed E-state index contributed by atoms with van der Waals surface area (Å²) in [5, 5.41) is 0. The van der Waals surface area contributed by atoms with Gasteiger partial charge in [-0.1, -0.05) is 12.1 Å². The number of hydrazine groups is 1. The van der Waals surface area contributed by atoms with Crippen molar-refractivity contribution >= 4 is 5.91 Å². The molecular weight excluding hydrogens is 249 g/mol.